The number of benzene rings is 2. The normalized spacial score (nSPS) is 13.1. The number of amides is 1. The Hall–Kier alpha value is -3.21. The molecule has 136 valence electrons. The summed E-state index contributed by atoms with van der Waals surface area (Å²) in [6.45, 7) is 1.03. The lowest BCUT2D eigenvalue weighted by molar-refractivity contribution is 0.0980. The van der Waals surface area contributed by atoms with E-state index in [1.54, 1.807) is 41.4 Å². The van der Waals surface area contributed by atoms with E-state index in [0.717, 1.165) is 24.2 Å². The third kappa shape index (κ3) is 3.67. The number of nitrogens with zero attached hydrogens (tertiary/aromatic N) is 2. The summed E-state index contributed by atoms with van der Waals surface area (Å²) in [6, 6.07) is 18.1. The largest absolute Gasteiger partial charge is 0.381 e. The zero-order valence-corrected chi connectivity index (χ0v) is 14.9. The van der Waals surface area contributed by atoms with E-state index >= 15 is 0 Å². The minimum Gasteiger partial charge on any atom is -0.381 e. The average Bonchev–Trinajstić information content (AvgIpc) is 2.72. The topological polar surface area (TPSA) is 45.2 Å². The van der Waals surface area contributed by atoms with Crippen LogP contribution in [0, 0.1) is 5.82 Å². The summed E-state index contributed by atoms with van der Waals surface area (Å²) in [5, 5.41) is 3.17. The number of hydrogen-bond donors (Lipinski definition) is 1. The standard InChI is InChI=1S/C22H20FN3O/c23-19-9-3-1-7-17(19)15-25-18-11-12-24-20(14-18)22(27)26-13-5-8-16-6-2-4-10-21(16)26/h1-4,6-7,9-12,14H,5,8,13,15H2,(H,24,25). The van der Waals surface area contributed by atoms with Crippen LogP contribution in [0.2, 0.25) is 0 Å². The van der Waals surface area contributed by atoms with Gasteiger partial charge < -0.3 is 10.2 Å². The van der Waals surface area contributed by atoms with Gasteiger partial charge in [0.15, 0.2) is 0 Å². The van der Waals surface area contributed by atoms with Crippen molar-refractivity contribution in [3.8, 4) is 0 Å². The SMILES string of the molecule is O=C(c1cc(NCc2ccccc2F)ccn1)N1CCCc2ccccc21. The van der Waals surface area contributed by atoms with Crippen molar-refractivity contribution in [1.82, 2.24) is 4.98 Å². The lowest BCUT2D eigenvalue weighted by Crippen LogP contribution is -2.35. The molecular formula is C22H20FN3O. The van der Waals surface area contributed by atoms with Crippen LogP contribution in [0.3, 0.4) is 0 Å². The van der Waals surface area contributed by atoms with Gasteiger partial charge in [0.2, 0.25) is 0 Å². The van der Waals surface area contributed by atoms with Gasteiger partial charge in [0.25, 0.3) is 5.91 Å². The molecule has 0 bridgehead atoms. The number of rotatable bonds is 4. The van der Waals surface area contributed by atoms with Crippen LogP contribution in [0.4, 0.5) is 15.8 Å². The minimum atomic E-state index is -0.250. The number of nitrogens with one attached hydrogen (secondary N) is 1. The molecule has 3 aromatic rings. The highest BCUT2D eigenvalue weighted by atomic mass is 19.1. The van der Waals surface area contributed by atoms with Crippen LogP contribution in [-0.4, -0.2) is 17.4 Å². The summed E-state index contributed by atoms with van der Waals surface area (Å²) in [7, 11) is 0. The number of halogens is 1. The maximum absolute atomic E-state index is 13.8. The molecule has 2 heterocycles. The number of carbonyl (C=O) groups excluding carboxylic acids is 1. The number of carbonyl (C=O) groups is 1. The van der Waals surface area contributed by atoms with Gasteiger partial charge in [-0.25, -0.2) is 4.39 Å². The quantitative estimate of drug-likeness (QED) is 0.748. The van der Waals surface area contributed by atoms with E-state index in [2.05, 4.69) is 16.4 Å². The maximum atomic E-state index is 13.8. The average molecular weight is 361 g/mol. The summed E-state index contributed by atoms with van der Waals surface area (Å²) in [5.74, 6) is -0.364. The van der Waals surface area contributed by atoms with E-state index in [4.69, 9.17) is 0 Å². The Bertz CT molecular complexity index is 973. The van der Waals surface area contributed by atoms with Crippen LogP contribution >= 0.6 is 0 Å². The predicted octanol–water partition coefficient (Wildman–Crippen LogP) is 4.43. The molecule has 0 atom stereocenters. The van der Waals surface area contributed by atoms with Crippen molar-refractivity contribution in [2.75, 3.05) is 16.8 Å². The first-order valence-electron chi connectivity index (χ1n) is 9.05. The van der Waals surface area contributed by atoms with E-state index in [1.165, 1.54) is 11.6 Å². The second kappa shape index (κ2) is 7.58. The fraction of sp³-hybridized carbons (Fsp3) is 0.182. The highest BCUT2D eigenvalue weighted by Gasteiger charge is 2.24. The highest BCUT2D eigenvalue weighted by Crippen LogP contribution is 2.28. The molecule has 0 radical (unpaired) electrons. The van der Waals surface area contributed by atoms with Crippen molar-refractivity contribution in [1.29, 1.82) is 0 Å². The van der Waals surface area contributed by atoms with Crippen LogP contribution < -0.4 is 10.2 Å². The number of para-hydroxylation sites is 1. The summed E-state index contributed by atoms with van der Waals surface area (Å²) in [6.07, 6.45) is 3.53. The zero-order valence-electron chi connectivity index (χ0n) is 14.9. The molecule has 1 aliphatic rings. The van der Waals surface area contributed by atoms with Gasteiger partial charge in [-0.3, -0.25) is 9.78 Å². The summed E-state index contributed by atoms with van der Waals surface area (Å²) in [5.41, 5.74) is 3.84. The number of aryl methyl sites for hydroxylation is 1. The molecule has 0 unspecified atom stereocenters. The van der Waals surface area contributed by atoms with E-state index in [9.17, 15) is 9.18 Å². The number of hydrogen-bond acceptors (Lipinski definition) is 3. The van der Waals surface area contributed by atoms with Gasteiger partial charge in [-0.2, -0.15) is 0 Å². The Morgan fingerprint density at radius 2 is 1.93 bits per heavy atom. The number of anilines is 2. The van der Waals surface area contributed by atoms with E-state index in [-0.39, 0.29) is 11.7 Å². The number of pyridine rings is 1. The van der Waals surface area contributed by atoms with Crippen molar-refractivity contribution in [2.24, 2.45) is 0 Å². The Kier molecular flexibility index (Phi) is 4.83. The van der Waals surface area contributed by atoms with Crippen molar-refractivity contribution in [3.63, 3.8) is 0 Å². The number of fused-ring (bicyclic) bond motifs is 1. The monoisotopic (exact) mass is 361 g/mol. The molecular weight excluding hydrogens is 341 g/mol. The van der Waals surface area contributed by atoms with Crippen LogP contribution in [0.25, 0.3) is 0 Å². The van der Waals surface area contributed by atoms with Gasteiger partial charge in [0.1, 0.15) is 11.5 Å². The Balaban J connectivity index is 1.53. The second-order valence-electron chi connectivity index (χ2n) is 6.56. The molecule has 0 fully saturated rings. The third-order valence-corrected chi connectivity index (χ3v) is 4.78. The lowest BCUT2D eigenvalue weighted by atomic mass is 10.0. The van der Waals surface area contributed by atoms with Crippen LogP contribution in [0.5, 0.6) is 0 Å². The minimum absolute atomic E-state index is 0.114. The maximum Gasteiger partial charge on any atom is 0.276 e. The zero-order chi connectivity index (χ0) is 18.6. The fourth-order valence-electron chi connectivity index (χ4n) is 3.38. The molecule has 2 aromatic carbocycles. The van der Waals surface area contributed by atoms with Crippen LogP contribution in [0.15, 0.2) is 66.9 Å². The molecule has 1 N–H and O–H groups in total. The van der Waals surface area contributed by atoms with Crippen molar-refractivity contribution in [3.05, 3.63) is 89.5 Å². The third-order valence-electron chi connectivity index (χ3n) is 4.78. The summed E-state index contributed by atoms with van der Waals surface area (Å²) in [4.78, 5) is 19.1. The molecule has 4 rings (SSSR count). The van der Waals surface area contributed by atoms with Crippen molar-refractivity contribution < 1.29 is 9.18 Å². The van der Waals surface area contributed by atoms with E-state index < -0.39 is 0 Å². The smallest absolute Gasteiger partial charge is 0.276 e. The highest BCUT2D eigenvalue weighted by molar-refractivity contribution is 6.05. The molecule has 27 heavy (non-hydrogen) atoms. The van der Waals surface area contributed by atoms with Gasteiger partial charge in [-0.05, 0) is 42.7 Å². The van der Waals surface area contributed by atoms with Crippen molar-refractivity contribution in [2.45, 2.75) is 19.4 Å². The first-order chi connectivity index (χ1) is 13.2. The van der Waals surface area contributed by atoms with Crippen LogP contribution in [-0.2, 0) is 13.0 Å². The first-order valence-corrected chi connectivity index (χ1v) is 9.05. The molecule has 1 aliphatic heterocycles. The predicted molar refractivity (Wildman–Crippen MR) is 104 cm³/mol. The first kappa shape index (κ1) is 17.2. The number of aromatic nitrogens is 1. The lowest BCUT2D eigenvalue weighted by Gasteiger charge is -2.29. The molecule has 0 spiro atoms. The van der Waals surface area contributed by atoms with E-state index in [1.807, 2.05) is 18.2 Å². The molecule has 4 nitrogen and oxygen atoms in total. The van der Waals surface area contributed by atoms with Gasteiger partial charge in [-0.15, -0.1) is 0 Å². The van der Waals surface area contributed by atoms with Crippen molar-refractivity contribution >= 4 is 17.3 Å². The molecule has 1 aromatic heterocycles. The van der Waals surface area contributed by atoms with Gasteiger partial charge in [0.05, 0.1) is 0 Å². The molecule has 0 aliphatic carbocycles. The summed E-state index contributed by atoms with van der Waals surface area (Å²) >= 11 is 0. The van der Waals surface area contributed by atoms with Gasteiger partial charge in [-0.1, -0.05) is 36.4 Å². The van der Waals surface area contributed by atoms with Crippen LogP contribution in [0.1, 0.15) is 28.0 Å². The Morgan fingerprint density at radius 1 is 1.11 bits per heavy atom. The Morgan fingerprint density at radius 3 is 2.81 bits per heavy atom. The summed E-state index contributed by atoms with van der Waals surface area (Å²) < 4.78 is 13.8. The molecule has 5 heteroatoms. The van der Waals surface area contributed by atoms with Gasteiger partial charge >= 0.3 is 0 Å². The molecule has 1 amide bonds. The van der Waals surface area contributed by atoms with Gasteiger partial charge in [0, 0.05) is 36.2 Å². The van der Waals surface area contributed by atoms with E-state index in [0.29, 0.717) is 24.3 Å². The molecule has 0 saturated heterocycles. The second-order valence-corrected chi connectivity index (χ2v) is 6.56. The Labute approximate surface area is 157 Å². The molecule has 0 saturated carbocycles. The fourth-order valence-corrected chi connectivity index (χ4v) is 3.38.